The minimum absolute atomic E-state index is 0.207. The van der Waals surface area contributed by atoms with Gasteiger partial charge >= 0.3 is 0 Å². The second-order valence-corrected chi connectivity index (χ2v) is 2.23. The van der Waals surface area contributed by atoms with Crippen molar-refractivity contribution in [2.24, 2.45) is 0 Å². The molecule has 0 amide bonds. The molecular formula is C3H8N2OS. The number of aliphatic hydroxyl groups is 1. The van der Waals surface area contributed by atoms with E-state index in [1.54, 1.807) is 0 Å². The lowest BCUT2D eigenvalue weighted by molar-refractivity contribution is 0.179. The molecule has 1 saturated heterocycles. The highest BCUT2D eigenvalue weighted by Gasteiger charge is 2.06. The summed E-state index contributed by atoms with van der Waals surface area (Å²) in [7, 11) is 0. The van der Waals surface area contributed by atoms with E-state index >= 15 is 0 Å². The molecule has 1 rings (SSSR count). The van der Waals surface area contributed by atoms with Crippen LogP contribution in [0.15, 0.2) is 0 Å². The Hall–Kier alpha value is 0.230. The highest BCUT2D eigenvalue weighted by Crippen LogP contribution is 1.93. The molecule has 0 aromatic rings. The van der Waals surface area contributed by atoms with E-state index in [-0.39, 0.29) is 6.10 Å². The van der Waals surface area contributed by atoms with E-state index < -0.39 is 0 Å². The van der Waals surface area contributed by atoms with Gasteiger partial charge in [0, 0.05) is 25.2 Å². The van der Waals surface area contributed by atoms with Crippen LogP contribution in [0.3, 0.4) is 0 Å². The zero-order chi connectivity index (χ0) is 5.11. The Morgan fingerprint density at radius 3 is 2.29 bits per heavy atom. The number of rotatable bonds is 0. The molecule has 3 nitrogen and oxygen atoms in total. The summed E-state index contributed by atoms with van der Waals surface area (Å²) in [5, 5.41) is 8.77. The van der Waals surface area contributed by atoms with E-state index in [4.69, 9.17) is 5.11 Å². The molecule has 0 saturated carbocycles. The maximum atomic E-state index is 8.77. The number of β-amino-alcohol motifs (C(OH)–C–C–N with tert-alkyl or cyclic N) is 1. The Kier molecular flexibility index (Phi) is 1.93. The zero-order valence-electron chi connectivity index (χ0n) is 3.85. The number of aliphatic hydroxyl groups excluding tert-OH is 1. The predicted molar refractivity (Wildman–Crippen MR) is 29.6 cm³/mol. The molecule has 0 spiro atoms. The van der Waals surface area contributed by atoms with Gasteiger partial charge in [0.2, 0.25) is 0 Å². The Labute approximate surface area is 46.8 Å². The van der Waals surface area contributed by atoms with Gasteiger partial charge in [-0.3, -0.25) is 0 Å². The highest BCUT2D eigenvalue weighted by atomic mass is 32.2. The number of nitrogens with one attached hydrogen (secondary N) is 2. The average molecular weight is 120 g/mol. The van der Waals surface area contributed by atoms with E-state index in [1.165, 1.54) is 12.1 Å². The summed E-state index contributed by atoms with van der Waals surface area (Å²) < 4.78 is 5.78. The van der Waals surface area contributed by atoms with Crippen LogP contribution < -0.4 is 9.44 Å². The molecule has 4 heteroatoms. The molecule has 0 radical (unpaired) electrons. The first kappa shape index (κ1) is 5.37. The summed E-state index contributed by atoms with van der Waals surface area (Å²) in [5.41, 5.74) is 0. The summed E-state index contributed by atoms with van der Waals surface area (Å²) >= 11 is 1.44. The van der Waals surface area contributed by atoms with Crippen LogP contribution in [0.2, 0.25) is 0 Å². The van der Waals surface area contributed by atoms with Gasteiger partial charge in [0.05, 0.1) is 6.10 Å². The van der Waals surface area contributed by atoms with Gasteiger partial charge < -0.3 is 5.11 Å². The Bertz CT molecular complexity index is 54.9. The molecule has 1 aliphatic heterocycles. The van der Waals surface area contributed by atoms with Gasteiger partial charge in [0.25, 0.3) is 0 Å². The normalized spacial score (nSPS) is 25.3. The fourth-order valence-corrected chi connectivity index (χ4v) is 1.05. The molecule has 0 bridgehead atoms. The van der Waals surface area contributed by atoms with Gasteiger partial charge in [-0.25, -0.2) is 9.44 Å². The van der Waals surface area contributed by atoms with Crippen LogP contribution >= 0.6 is 12.1 Å². The van der Waals surface area contributed by atoms with Gasteiger partial charge in [0.15, 0.2) is 0 Å². The second kappa shape index (κ2) is 2.52. The van der Waals surface area contributed by atoms with Gasteiger partial charge in [0.1, 0.15) is 0 Å². The molecule has 42 valence electrons. The van der Waals surface area contributed by atoms with Crippen LogP contribution in [0.1, 0.15) is 0 Å². The van der Waals surface area contributed by atoms with Gasteiger partial charge in [-0.2, -0.15) is 0 Å². The summed E-state index contributed by atoms with van der Waals surface area (Å²) in [4.78, 5) is 0. The van der Waals surface area contributed by atoms with Crippen molar-refractivity contribution < 1.29 is 5.11 Å². The molecule has 0 aromatic heterocycles. The monoisotopic (exact) mass is 120 g/mol. The van der Waals surface area contributed by atoms with Crippen LogP contribution in [0.4, 0.5) is 0 Å². The van der Waals surface area contributed by atoms with Gasteiger partial charge in [-0.1, -0.05) is 0 Å². The summed E-state index contributed by atoms with van der Waals surface area (Å²) in [6.07, 6.45) is -0.207. The van der Waals surface area contributed by atoms with E-state index in [9.17, 15) is 0 Å². The maximum absolute atomic E-state index is 8.77. The highest BCUT2D eigenvalue weighted by molar-refractivity contribution is 7.95. The molecule has 0 aliphatic carbocycles. The van der Waals surface area contributed by atoms with E-state index in [2.05, 4.69) is 9.44 Å². The molecular weight excluding hydrogens is 112 g/mol. The minimum atomic E-state index is -0.207. The average Bonchev–Trinajstić information content (AvgIpc) is 1.69. The van der Waals surface area contributed by atoms with Crippen LogP contribution in [0.25, 0.3) is 0 Å². The Morgan fingerprint density at radius 1 is 1.43 bits per heavy atom. The lowest BCUT2D eigenvalue weighted by atomic mass is 10.4. The molecule has 7 heavy (non-hydrogen) atoms. The topological polar surface area (TPSA) is 44.3 Å². The third-order valence-corrected chi connectivity index (χ3v) is 1.40. The number of hydrogen-bond acceptors (Lipinski definition) is 4. The van der Waals surface area contributed by atoms with Crippen molar-refractivity contribution in [1.29, 1.82) is 0 Å². The fraction of sp³-hybridized carbons (Fsp3) is 1.00. The molecule has 1 fully saturated rings. The van der Waals surface area contributed by atoms with Crippen molar-refractivity contribution in [3.05, 3.63) is 0 Å². The summed E-state index contributed by atoms with van der Waals surface area (Å²) in [5.74, 6) is 0. The second-order valence-electron chi connectivity index (χ2n) is 1.45. The quantitative estimate of drug-likeness (QED) is 0.363. The third kappa shape index (κ3) is 1.65. The molecule has 1 aliphatic rings. The zero-order valence-corrected chi connectivity index (χ0v) is 4.66. The summed E-state index contributed by atoms with van der Waals surface area (Å²) in [6, 6.07) is 0. The van der Waals surface area contributed by atoms with Gasteiger partial charge in [-0.15, -0.1) is 0 Å². The van der Waals surface area contributed by atoms with Crippen molar-refractivity contribution in [3.63, 3.8) is 0 Å². The first-order chi connectivity index (χ1) is 3.39. The smallest absolute Gasteiger partial charge is 0.0808 e. The largest absolute Gasteiger partial charge is 0.390 e. The minimum Gasteiger partial charge on any atom is -0.390 e. The first-order valence-electron chi connectivity index (χ1n) is 2.19. The van der Waals surface area contributed by atoms with E-state index in [0.717, 1.165) is 0 Å². The molecule has 0 atom stereocenters. The molecule has 1 heterocycles. The van der Waals surface area contributed by atoms with Gasteiger partial charge in [-0.05, 0) is 0 Å². The maximum Gasteiger partial charge on any atom is 0.0808 e. The summed E-state index contributed by atoms with van der Waals surface area (Å²) in [6.45, 7) is 1.38. The van der Waals surface area contributed by atoms with Crippen molar-refractivity contribution in [3.8, 4) is 0 Å². The molecule has 0 aromatic carbocycles. The lowest BCUT2D eigenvalue weighted by Crippen LogP contribution is -2.38. The standard InChI is InChI=1S/C3H8N2OS/c6-3-1-4-7-5-2-3/h3-6H,1-2H2. The molecule has 0 unspecified atom stereocenters. The fourth-order valence-electron chi connectivity index (χ4n) is 0.399. The van der Waals surface area contributed by atoms with Crippen LogP contribution in [-0.2, 0) is 0 Å². The van der Waals surface area contributed by atoms with Crippen molar-refractivity contribution in [1.82, 2.24) is 9.44 Å². The van der Waals surface area contributed by atoms with E-state index in [1.807, 2.05) is 0 Å². The lowest BCUT2D eigenvalue weighted by Gasteiger charge is -2.16. The predicted octanol–water partition coefficient (Wildman–Crippen LogP) is -0.897. The van der Waals surface area contributed by atoms with E-state index in [0.29, 0.717) is 13.1 Å². The molecule has 3 N–H and O–H groups in total. The van der Waals surface area contributed by atoms with Crippen molar-refractivity contribution in [2.75, 3.05) is 13.1 Å². The Morgan fingerprint density at radius 2 is 2.00 bits per heavy atom. The SMILES string of the molecule is OC1CNSNC1. The third-order valence-electron chi connectivity index (χ3n) is 0.782. The van der Waals surface area contributed by atoms with Crippen molar-refractivity contribution in [2.45, 2.75) is 6.10 Å². The van der Waals surface area contributed by atoms with Crippen LogP contribution in [0.5, 0.6) is 0 Å². The Balaban J connectivity index is 2.12. The van der Waals surface area contributed by atoms with Crippen molar-refractivity contribution >= 4 is 12.1 Å². The van der Waals surface area contributed by atoms with Crippen LogP contribution in [0, 0.1) is 0 Å². The first-order valence-corrected chi connectivity index (χ1v) is 3.01. The number of hydrogen-bond donors (Lipinski definition) is 3. The van der Waals surface area contributed by atoms with Crippen LogP contribution in [-0.4, -0.2) is 24.3 Å².